The van der Waals surface area contributed by atoms with E-state index in [4.69, 9.17) is 4.74 Å². The number of ether oxygens (including phenoxy) is 1. The number of benzene rings is 2. The molecule has 0 spiro atoms. The summed E-state index contributed by atoms with van der Waals surface area (Å²) in [5.41, 5.74) is 4.41. The predicted molar refractivity (Wildman–Crippen MR) is 95.5 cm³/mol. The van der Waals surface area contributed by atoms with Crippen LogP contribution in [0.4, 0.5) is 11.4 Å². The fourth-order valence-corrected chi connectivity index (χ4v) is 2.61. The third-order valence-corrected chi connectivity index (χ3v) is 3.42. The van der Waals surface area contributed by atoms with Gasteiger partial charge >= 0.3 is 0 Å². The Morgan fingerprint density at radius 2 is 1.54 bits per heavy atom. The standard InChI is InChI=1S/C19H22N2O3/c1-12-8-13(2)19(14(3)9-12)24-11-18(23)21-17-7-5-6-16(10-17)20-15(4)22/h5-10H,11H2,1-4H3,(H,20,22)(H,21,23). The molecular weight excluding hydrogens is 304 g/mol. The molecule has 0 atom stereocenters. The van der Waals surface area contributed by atoms with Gasteiger partial charge in [-0.05, 0) is 50.1 Å². The molecule has 0 fully saturated rings. The van der Waals surface area contributed by atoms with E-state index in [9.17, 15) is 9.59 Å². The fraction of sp³-hybridized carbons (Fsp3) is 0.263. The van der Waals surface area contributed by atoms with Crippen molar-refractivity contribution in [2.45, 2.75) is 27.7 Å². The van der Waals surface area contributed by atoms with Gasteiger partial charge in [-0.3, -0.25) is 9.59 Å². The molecule has 2 rings (SSSR count). The van der Waals surface area contributed by atoms with E-state index in [1.165, 1.54) is 6.92 Å². The Bertz CT molecular complexity index is 746. The first-order chi connectivity index (χ1) is 11.3. The molecule has 5 heteroatoms. The van der Waals surface area contributed by atoms with Crippen LogP contribution in [-0.2, 0) is 9.59 Å². The van der Waals surface area contributed by atoms with Crippen molar-refractivity contribution in [1.82, 2.24) is 0 Å². The van der Waals surface area contributed by atoms with Crippen LogP contribution in [0.5, 0.6) is 5.75 Å². The smallest absolute Gasteiger partial charge is 0.262 e. The summed E-state index contributed by atoms with van der Waals surface area (Å²) in [5.74, 6) is 0.323. The number of carbonyl (C=O) groups excluding carboxylic acids is 2. The summed E-state index contributed by atoms with van der Waals surface area (Å²) in [4.78, 5) is 23.2. The minimum Gasteiger partial charge on any atom is -0.483 e. The van der Waals surface area contributed by atoms with Crippen molar-refractivity contribution < 1.29 is 14.3 Å². The lowest BCUT2D eigenvalue weighted by molar-refractivity contribution is -0.118. The second-order valence-electron chi connectivity index (χ2n) is 5.83. The second-order valence-corrected chi connectivity index (χ2v) is 5.83. The van der Waals surface area contributed by atoms with Crippen LogP contribution >= 0.6 is 0 Å². The van der Waals surface area contributed by atoms with E-state index < -0.39 is 0 Å². The van der Waals surface area contributed by atoms with Crippen LogP contribution in [0.3, 0.4) is 0 Å². The Hall–Kier alpha value is -2.82. The summed E-state index contributed by atoms with van der Waals surface area (Å²) in [6, 6.07) is 11.0. The summed E-state index contributed by atoms with van der Waals surface area (Å²) in [6.45, 7) is 7.31. The van der Waals surface area contributed by atoms with Crippen LogP contribution < -0.4 is 15.4 Å². The Morgan fingerprint density at radius 1 is 0.958 bits per heavy atom. The van der Waals surface area contributed by atoms with Crippen molar-refractivity contribution >= 4 is 23.2 Å². The van der Waals surface area contributed by atoms with Crippen molar-refractivity contribution in [1.29, 1.82) is 0 Å². The van der Waals surface area contributed by atoms with Crippen LogP contribution in [0.25, 0.3) is 0 Å². The average Bonchev–Trinajstić information content (AvgIpc) is 2.45. The summed E-state index contributed by atoms with van der Waals surface area (Å²) >= 11 is 0. The molecule has 0 heterocycles. The Kier molecular flexibility index (Phi) is 5.58. The molecule has 0 unspecified atom stereocenters. The van der Waals surface area contributed by atoms with Gasteiger partial charge in [0.05, 0.1) is 0 Å². The highest BCUT2D eigenvalue weighted by Crippen LogP contribution is 2.24. The van der Waals surface area contributed by atoms with Crippen molar-refractivity contribution in [3.8, 4) is 5.75 Å². The highest BCUT2D eigenvalue weighted by molar-refractivity contribution is 5.94. The van der Waals surface area contributed by atoms with Gasteiger partial charge in [-0.1, -0.05) is 23.8 Å². The van der Waals surface area contributed by atoms with E-state index in [2.05, 4.69) is 10.6 Å². The predicted octanol–water partition coefficient (Wildman–Crippen LogP) is 3.59. The molecule has 0 aliphatic rings. The van der Waals surface area contributed by atoms with Gasteiger partial charge in [0.2, 0.25) is 5.91 Å². The number of nitrogens with one attached hydrogen (secondary N) is 2. The molecule has 24 heavy (non-hydrogen) atoms. The van der Waals surface area contributed by atoms with Crippen LogP contribution in [0.2, 0.25) is 0 Å². The summed E-state index contributed by atoms with van der Waals surface area (Å²) in [5, 5.41) is 5.44. The van der Waals surface area contributed by atoms with Crippen LogP contribution in [0.15, 0.2) is 36.4 Å². The summed E-state index contributed by atoms with van der Waals surface area (Å²) < 4.78 is 5.67. The molecule has 5 nitrogen and oxygen atoms in total. The fourth-order valence-electron chi connectivity index (χ4n) is 2.61. The zero-order valence-electron chi connectivity index (χ0n) is 14.4. The zero-order chi connectivity index (χ0) is 17.7. The molecule has 0 aliphatic heterocycles. The highest BCUT2D eigenvalue weighted by atomic mass is 16.5. The molecule has 0 radical (unpaired) electrons. The van der Waals surface area contributed by atoms with Crippen molar-refractivity contribution in [2.24, 2.45) is 0 Å². The topological polar surface area (TPSA) is 67.4 Å². The number of amides is 2. The van der Waals surface area contributed by atoms with E-state index in [1.54, 1.807) is 24.3 Å². The van der Waals surface area contributed by atoms with Gasteiger partial charge in [0.15, 0.2) is 6.61 Å². The van der Waals surface area contributed by atoms with Gasteiger partial charge in [-0.15, -0.1) is 0 Å². The highest BCUT2D eigenvalue weighted by Gasteiger charge is 2.09. The maximum Gasteiger partial charge on any atom is 0.262 e. The Balaban J connectivity index is 1.98. The number of hydrogen-bond acceptors (Lipinski definition) is 3. The SMILES string of the molecule is CC(=O)Nc1cccc(NC(=O)COc2c(C)cc(C)cc2C)c1. The maximum absolute atomic E-state index is 12.1. The molecule has 2 N–H and O–H groups in total. The van der Waals surface area contributed by atoms with Crippen molar-refractivity contribution in [2.75, 3.05) is 17.2 Å². The largest absolute Gasteiger partial charge is 0.483 e. The van der Waals surface area contributed by atoms with Crippen LogP contribution in [0.1, 0.15) is 23.6 Å². The van der Waals surface area contributed by atoms with Gasteiger partial charge in [-0.2, -0.15) is 0 Å². The van der Waals surface area contributed by atoms with Gasteiger partial charge < -0.3 is 15.4 Å². The van der Waals surface area contributed by atoms with Gasteiger partial charge in [0.25, 0.3) is 5.91 Å². The molecule has 0 saturated carbocycles. The normalized spacial score (nSPS) is 10.2. The molecule has 2 aromatic rings. The molecule has 0 aromatic heterocycles. The summed E-state index contributed by atoms with van der Waals surface area (Å²) in [7, 11) is 0. The van der Waals surface area contributed by atoms with Gasteiger partial charge in [0, 0.05) is 18.3 Å². The number of hydrogen-bond donors (Lipinski definition) is 2. The number of anilines is 2. The first-order valence-corrected chi connectivity index (χ1v) is 7.73. The van der Waals surface area contributed by atoms with Crippen LogP contribution in [-0.4, -0.2) is 18.4 Å². The van der Waals surface area contributed by atoms with E-state index in [1.807, 2.05) is 32.9 Å². The number of carbonyl (C=O) groups is 2. The number of rotatable bonds is 5. The first kappa shape index (κ1) is 17.5. The Morgan fingerprint density at radius 3 is 2.12 bits per heavy atom. The molecule has 2 amide bonds. The lowest BCUT2D eigenvalue weighted by Gasteiger charge is -2.13. The average molecular weight is 326 g/mol. The second kappa shape index (κ2) is 7.64. The van der Waals surface area contributed by atoms with Crippen molar-refractivity contribution in [3.05, 3.63) is 53.1 Å². The van der Waals surface area contributed by atoms with E-state index >= 15 is 0 Å². The molecule has 0 bridgehead atoms. The molecular formula is C19H22N2O3. The van der Waals surface area contributed by atoms with Gasteiger partial charge in [-0.25, -0.2) is 0 Å². The first-order valence-electron chi connectivity index (χ1n) is 7.73. The monoisotopic (exact) mass is 326 g/mol. The quantitative estimate of drug-likeness (QED) is 0.882. The zero-order valence-corrected chi connectivity index (χ0v) is 14.4. The maximum atomic E-state index is 12.1. The minimum absolute atomic E-state index is 0.0743. The number of aryl methyl sites for hydroxylation is 3. The van der Waals surface area contributed by atoms with E-state index in [0.717, 1.165) is 22.4 Å². The molecule has 2 aromatic carbocycles. The molecule has 126 valence electrons. The summed E-state index contributed by atoms with van der Waals surface area (Å²) in [6.07, 6.45) is 0. The third-order valence-electron chi connectivity index (χ3n) is 3.42. The molecule has 0 saturated heterocycles. The van der Waals surface area contributed by atoms with E-state index in [-0.39, 0.29) is 18.4 Å². The minimum atomic E-state index is -0.255. The third kappa shape index (κ3) is 4.84. The molecule has 0 aliphatic carbocycles. The lowest BCUT2D eigenvalue weighted by atomic mass is 10.1. The lowest BCUT2D eigenvalue weighted by Crippen LogP contribution is -2.20. The Labute approximate surface area is 142 Å². The van der Waals surface area contributed by atoms with Crippen LogP contribution in [0, 0.1) is 20.8 Å². The van der Waals surface area contributed by atoms with E-state index in [0.29, 0.717) is 11.4 Å². The van der Waals surface area contributed by atoms with Crippen molar-refractivity contribution in [3.63, 3.8) is 0 Å². The van der Waals surface area contributed by atoms with Gasteiger partial charge in [0.1, 0.15) is 5.75 Å².